The van der Waals surface area contributed by atoms with Gasteiger partial charge in [-0.2, -0.15) is 0 Å². The summed E-state index contributed by atoms with van der Waals surface area (Å²) in [6.07, 6.45) is 2.73. The van der Waals surface area contributed by atoms with Gasteiger partial charge in [0.05, 0.1) is 12.6 Å². The third-order valence-corrected chi connectivity index (χ3v) is 2.90. The van der Waals surface area contributed by atoms with Crippen LogP contribution in [0.5, 0.6) is 5.75 Å². The molecule has 0 spiro atoms. The lowest BCUT2D eigenvalue weighted by Crippen LogP contribution is -2.41. The molecule has 0 fully saturated rings. The lowest BCUT2D eigenvalue weighted by atomic mass is 10.1. The van der Waals surface area contributed by atoms with E-state index in [2.05, 4.69) is 6.92 Å². The average molecular weight is 301 g/mol. The van der Waals surface area contributed by atoms with Gasteiger partial charge in [-0.25, -0.2) is 0 Å². The molecular formula is C15H25ClN2O2. The molecule has 0 saturated heterocycles. The van der Waals surface area contributed by atoms with Crippen LogP contribution >= 0.6 is 12.4 Å². The van der Waals surface area contributed by atoms with Crippen LogP contribution in [-0.4, -0.2) is 37.6 Å². The molecule has 0 heterocycles. The Morgan fingerprint density at radius 2 is 1.90 bits per heavy atom. The molecule has 0 aliphatic heterocycles. The number of likely N-dealkylation sites (N-methyl/N-ethyl adjacent to an activating group) is 1. The zero-order chi connectivity index (χ0) is 14.3. The van der Waals surface area contributed by atoms with E-state index in [9.17, 15) is 4.79 Å². The first kappa shape index (κ1) is 18.7. The highest BCUT2D eigenvalue weighted by molar-refractivity contribution is 5.85. The van der Waals surface area contributed by atoms with Crippen molar-refractivity contribution in [3.63, 3.8) is 0 Å². The van der Waals surface area contributed by atoms with Gasteiger partial charge < -0.3 is 15.4 Å². The molecule has 5 heteroatoms. The number of unbranched alkanes of at least 4 members (excludes halogenated alkanes) is 1. The van der Waals surface area contributed by atoms with Crippen molar-refractivity contribution in [3.8, 4) is 5.75 Å². The highest BCUT2D eigenvalue weighted by Gasteiger charge is 2.15. The van der Waals surface area contributed by atoms with Crippen molar-refractivity contribution in [2.45, 2.75) is 32.2 Å². The second kappa shape index (κ2) is 9.61. The number of ether oxygens (including phenoxy) is 1. The van der Waals surface area contributed by atoms with Crippen LogP contribution in [0, 0.1) is 0 Å². The van der Waals surface area contributed by atoms with E-state index >= 15 is 0 Å². The van der Waals surface area contributed by atoms with Crippen molar-refractivity contribution in [1.82, 2.24) is 4.90 Å². The molecule has 0 aromatic heterocycles. The van der Waals surface area contributed by atoms with Gasteiger partial charge in [0.1, 0.15) is 5.75 Å². The van der Waals surface area contributed by atoms with Crippen molar-refractivity contribution in [2.24, 2.45) is 5.73 Å². The van der Waals surface area contributed by atoms with Crippen molar-refractivity contribution in [1.29, 1.82) is 0 Å². The predicted molar refractivity (Wildman–Crippen MR) is 84.5 cm³/mol. The van der Waals surface area contributed by atoms with Gasteiger partial charge >= 0.3 is 0 Å². The quantitative estimate of drug-likeness (QED) is 0.786. The van der Waals surface area contributed by atoms with Crippen molar-refractivity contribution in [3.05, 3.63) is 29.8 Å². The van der Waals surface area contributed by atoms with E-state index in [-0.39, 0.29) is 18.3 Å². The number of hydrogen-bond donors (Lipinski definition) is 1. The number of hydrogen-bond acceptors (Lipinski definition) is 3. The average Bonchev–Trinajstić information content (AvgIpc) is 2.40. The van der Waals surface area contributed by atoms with Crippen LogP contribution < -0.4 is 10.5 Å². The minimum atomic E-state index is -0.484. The summed E-state index contributed by atoms with van der Waals surface area (Å²) < 4.78 is 5.59. The third kappa shape index (κ3) is 6.26. The summed E-state index contributed by atoms with van der Waals surface area (Å²) in [7, 11) is 3.43. The maximum absolute atomic E-state index is 11.7. The SMILES string of the molecule is CCCCOc1ccc(CC(N)C(=O)N(C)C)cc1.Cl. The lowest BCUT2D eigenvalue weighted by Gasteiger charge is -2.16. The van der Waals surface area contributed by atoms with E-state index in [0.717, 1.165) is 30.8 Å². The molecule has 20 heavy (non-hydrogen) atoms. The smallest absolute Gasteiger partial charge is 0.239 e. The van der Waals surface area contributed by atoms with E-state index in [1.165, 1.54) is 4.90 Å². The van der Waals surface area contributed by atoms with E-state index < -0.39 is 6.04 Å². The van der Waals surface area contributed by atoms with E-state index in [0.29, 0.717) is 6.42 Å². The van der Waals surface area contributed by atoms with Crippen molar-refractivity contribution >= 4 is 18.3 Å². The van der Waals surface area contributed by atoms with Crippen LogP contribution in [-0.2, 0) is 11.2 Å². The molecule has 2 N–H and O–H groups in total. The summed E-state index contributed by atoms with van der Waals surface area (Å²) in [6, 6.07) is 7.30. The van der Waals surface area contributed by atoms with Crippen LogP contribution in [0.4, 0.5) is 0 Å². The summed E-state index contributed by atoms with van der Waals surface area (Å²) in [5.41, 5.74) is 6.91. The monoisotopic (exact) mass is 300 g/mol. The minimum absolute atomic E-state index is 0. The molecular weight excluding hydrogens is 276 g/mol. The molecule has 1 unspecified atom stereocenters. The van der Waals surface area contributed by atoms with Gasteiger partial charge in [0.25, 0.3) is 0 Å². The fraction of sp³-hybridized carbons (Fsp3) is 0.533. The van der Waals surface area contributed by atoms with E-state index in [1.807, 2.05) is 24.3 Å². The highest BCUT2D eigenvalue weighted by Crippen LogP contribution is 2.14. The maximum Gasteiger partial charge on any atom is 0.239 e. The number of benzene rings is 1. The molecule has 4 nitrogen and oxygen atoms in total. The zero-order valence-corrected chi connectivity index (χ0v) is 13.3. The van der Waals surface area contributed by atoms with Gasteiger partial charge in [-0.05, 0) is 30.5 Å². The maximum atomic E-state index is 11.7. The second-order valence-corrected chi connectivity index (χ2v) is 4.89. The Balaban J connectivity index is 0.00000361. The molecule has 1 rings (SSSR count). The molecule has 0 aliphatic rings. The molecule has 1 atom stereocenters. The minimum Gasteiger partial charge on any atom is -0.494 e. The van der Waals surface area contributed by atoms with Gasteiger partial charge in [0.2, 0.25) is 5.91 Å². The van der Waals surface area contributed by atoms with Gasteiger partial charge in [0, 0.05) is 14.1 Å². The van der Waals surface area contributed by atoms with Gasteiger partial charge in [-0.15, -0.1) is 12.4 Å². The van der Waals surface area contributed by atoms with E-state index in [1.54, 1.807) is 14.1 Å². The summed E-state index contributed by atoms with van der Waals surface area (Å²) in [5, 5.41) is 0. The van der Waals surface area contributed by atoms with Crippen LogP contribution in [0.15, 0.2) is 24.3 Å². The van der Waals surface area contributed by atoms with Gasteiger partial charge in [-0.3, -0.25) is 4.79 Å². The Hall–Kier alpha value is -1.26. The first-order valence-electron chi connectivity index (χ1n) is 6.73. The van der Waals surface area contributed by atoms with Crippen LogP contribution in [0.2, 0.25) is 0 Å². The number of rotatable bonds is 7. The third-order valence-electron chi connectivity index (χ3n) is 2.90. The Labute approximate surface area is 127 Å². The topological polar surface area (TPSA) is 55.6 Å². The normalized spacial score (nSPS) is 11.4. The Morgan fingerprint density at radius 1 is 1.30 bits per heavy atom. The summed E-state index contributed by atoms with van der Waals surface area (Å²) in [6.45, 7) is 2.88. The second-order valence-electron chi connectivity index (χ2n) is 4.89. The van der Waals surface area contributed by atoms with Crippen molar-refractivity contribution in [2.75, 3.05) is 20.7 Å². The molecule has 1 aromatic carbocycles. The molecule has 0 saturated carbocycles. The summed E-state index contributed by atoms with van der Waals surface area (Å²) >= 11 is 0. The largest absolute Gasteiger partial charge is 0.494 e. The molecule has 0 aliphatic carbocycles. The molecule has 0 bridgehead atoms. The van der Waals surface area contributed by atoms with Crippen LogP contribution in [0.25, 0.3) is 0 Å². The summed E-state index contributed by atoms with van der Waals surface area (Å²) in [4.78, 5) is 13.2. The van der Waals surface area contributed by atoms with Gasteiger partial charge in [0.15, 0.2) is 0 Å². The lowest BCUT2D eigenvalue weighted by molar-refractivity contribution is -0.130. The number of amides is 1. The molecule has 0 radical (unpaired) electrons. The fourth-order valence-electron chi connectivity index (χ4n) is 1.73. The molecule has 114 valence electrons. The van der Waals surface area contributed by atoms with Crippen molar-refractivity contribution < 1.29 is 9.53 Å². The Morgan fingerprint density at radius 3 is 2.40 bits per heavy atom. The van der Waals surface area contributed by atoms with Crippen LogP contribution in [0.1, 0.15) is 25.3 Å². The standard InChI is InChI=1S/C15H24N2O2.ClH/c1-4-5-10-19-13-8-6-12(7-9-13)11-14(16)15(18)17(2)3;/h6-9,14H,4-5,10-11,16H2,1-3H3;1H. The fourth-order valence-corrected chi connectivity index (χ4v) is 1.73. The number of carbonyl (C=O) groups excluding carboxylic acids is 1. The summed E-state index contributed by atoms with van der Waals surface area (Å²) in [5.74, 6) is 0.813. The number of nitrogens with zero attached hydrogens (tertiary/aromatic N) is 1. The Kier molecular flexibility index (Phi) is 9.01. The number of carbonyl (C=O) groups is 1. The number of halogens is 1. The first-order valence-corrected chi connectivity index (χ1v) is 6.73. The highest BCUT2D eigenvalue weighted by atomic mass is 35.5. The molecule has 1 aromatic rings. The molecule has 1 amide bonds. The zero-order valence-electron chi connectivity index (χ0n) is 12.5. The van der Waals surface area contributed by atoms with Gasteiger partial charge in [-0.1, -0.05) is 25.5 Å². The predicted octanol–water partition coefficient (Wildman–Crippen LogP) is 2.25. The van der Waals surface area contributed by atoms with E-state index in [4.69, 9.17) is 10.5 Å². The Bertz CT molecular complexity index is 393. The number of nitrogens with two attached hydrogens (primary N) is 1. The first-order chi connectivity index (χ1) is 9.04. The van der Waals surface area contributed by atoms with Crippen LogP contribution in [0.3, 0.4) is 0 Å².